The van der Waals surface area contributed by atoms with Gasteiger partial charge >= 0.3 is 6.03 Å². The number of nitrogens with zero attached hydrogens (tertiary/aromatic N) is 1. The van der Waals surface area contributed by atoms with Crippen LogP contribution in [0.5, 0.6) is 11.5 Å². The molecule has 3 amide bonds. The van der Waals surface area contributed by atoms with Crippen LogP contribution in [-0.4, -0.2) is 43.4 Å². The highest BCUT2D eigenvalue weighted by atomic mass is 35.5. The molecule has 3 rings (SSSR count). The van der Waals surface area contributed by atoms with Gasteiger partial charge in [0.1, 0.15) is 17.0 Å². The topological polar surface area (TPSA) is 84.9 Å². The van der Waals surface area contributed by atoms with Gasteiger partial charge in [-0.15, -0.1) is 0 Å². The summed E-state index contributed by atoms with van der Waals surface area (Å²) in [4.78, 5) is 38.8. The Balaban J connectivity index is 1.81. The number of methoxy groups -OCH3 is 2. The number of Topliss-reactive ketones (excluding diaryl/α,β-unsaturated/α-hetero) is 1. The zero-order chi connectivity index (χ0) is 20.5. The van der Waals surface area contributed by atoms with Crippen molar-refractivity contribution in [1.82, 2.24) is 10.2 Å². The molecule has 0 unspecified atom stereocenters. The third kappa shape index (κ3) is 3.41. The third-order valence-electron chi connectivity index (χ3n) is 4.72. The molecule has 8 heteroatoms. The molecule has 1 fully saturated rings. The molecular formula is C20H19ClN2O5. The van der Waals surface area contributed by atoms with E-state index >= 15 is 0 Å². The second-order valence-corrected chi connectivity index (χ2v) is 6.85. The first-order chi connectivity index (χ1) is 13.3. The quantitative estimate of drug-likeness (QED) is 0.593. The SMILES string of the molecule is COc1ccc([C@@]2(C)NC(=O)N(CC(=O)c3ccc(OC)c(Cl)c3)C2=O)cc1. The number of amides is 3. The lowest BCUT2D eigenvalue weighted by Gasteiger charge is -2.22. The van der Waals surface area contributed by atoms with Crippen molar-refractivity contribution in [2.24, 2.45) is 0 Å². The van der Waals surface area contributed by atoms with Crippen LogP contribution in [0.4, 0.5) is 4.79 Å². The van der Waals surface area contributed by atoms with Crippen molar-refractivity contribution in [2.75, 3.05) is 20.8 Å². The molecule has 146 valence electrons. The lowest BCUT2D eigenvalue weighted by Crippen LogP contribution is -2.41. The van der Waals surface area contributed by atoms with Gasteiger partial charge in [0, 0.05) is 5.56 Å². The Labute approximate surface area is 167 Å². The summed E-state index contributed by atoms with van der Waals surface area (Å²) in [6.07, 6.45) is 0. The van der Waals surface area contributed by atoms with Crippen LogP contribution in [0.2, 0.25) is 5.02 Å². The molecule has 0 aromatic heterocycles. The van der Waals surface area contributed by atoms with E-state index in [1.165, 1.54) is 26.4 Å². The van der Waals surface area contributed by atoms with Gasteiger partial charge in [-0.25, -0.2) is 4.79 Å². The van der Waals surface area contributed by atoms with E-state index in [1.807, 2.05) is 0 Å². The van der Waals surface area contributed by atoms with E-state index in [0.717, 1.165) is 4.90 Å². The molecule has 0 aliphatic carbocycles. The number of carbonyl (C=O) groups excluding carboxylic acids is 3. The van der Waals surface area contributed by atoms with E-state index < -0.39 is 23.3 Å². The summed E-state index contributed by atoms with van der Waals surface area (Å²) < 4.78 is 10.2. The molecule has 0 spiro atoms. The van der Waals surface area contributed by atoms with Gasteiger partial charge in [-0.2, -0.15) is 0 Å². The number of carbonyl (C=O) groups is 3. The van der Waals surface area contributed by atoms with E-state index in [-0.39, 0.29) is 17.1 Å². The number of hydrogen-bond donors (Lipinski definition) is 1. The molecule has 1 heterocycles. The van der Waals surface area contributed by atoms with Crippen molar-refractivity contribution in [1.29, 1.82) is 0 Å². The Morgan fingerprint density at radius 1 is 1.11 bits per heavy atom. The van der Waals surface area contributed by atoms with Crippen molar-refractivity contribution in [3.63, 3.8) is 0 Å². The minimum absolute atomic E-state index is 0.272. The molecule has 2 aromatic carbocycles. The fraction of sp³-hybridized carbons (Fsp3) is 0.250. The van der Waals surface area contributed by atoms with Crippen molar-refractivity contribution in [2.45, 2.75) is 12.5 Å². The predicted octanol–water partition coefficient (Wildman–Crippen LogP) is 3.01. The van der Waals surface area contributed by atoms with E-state index in [2.05, 4.69) is 5.32 Å². The van der Waals surface area contributed by atoms with Crippen molar-refractivity contribution < 1.29 is 23.9 Å². The number of benzene rings is 2. The van der Waals surface area contributed by atoms with Crippen LogP contribution in [0.15, 0.2) is 42.5 Å². The summed E-state index contributed by atoms with van der Waals surface area (Å²) in [7, 11) is 3.01. The standard InChI is InChI=1S/C20H19ClN2O5/c1-20(13-5-7-14(27-2)8-6-13)18(25)23(19(26)22-20)11-16(24)12-4-9-17(28-3)15(21)10-12/h4-10H,11H2,1-3H3,(H,22,26)/t20-/m1/s1. The zero-order valence-electron chi connectivity index (χ0n) is 15.6. The molecule has 7 nitrogen and oxygen atoms in total. The number of rotatable bonds is 6. The zero-order valence-corrected chi connectivity index (χ0v) is 16.4. The number of nitrogens with one attached hydrogen (secondary N) is 1. The second-order valence-electron chi connectivity index (χ2n) is 6.45. The summed E-state index contributed by atoms with van der Waals surface area (Å²) in [5.41, 5.74) is -0.389. The molecule has 0 radical (unpaired) electrons. The second kappa shape index (κ2) is 7.52. The minimum Gasteiger partial charge on any atom is -0.497 e. The lowest BCUT2D eigenvalue weighted by molar-refractivity contribution is -0.130. The first-order valence-corrected chi connectivity index (χ1v) is 8.83. The molecule has 0 saturated carbocycles. The molecule has 1 atom stereocenters. The fourth-order valence-corrected chi connectivity index (χ4v) is 3.29. The average Bonchev–Trinajstić information content (AvgIpc) is 2.91. The van der Waals surface area contributed by atoms with Crippen molar-refractivity contribution in [3.8, 4) is 11.5 Å². The maximum Gasteiger partial charge on any atom is 0.325 e. The molecule has 1 aliphatic rings. The van der Waals surface area contributed by atoms with Gasteiger partial charge in [-0.1, -0.05) is 23.7 Å². The van der Waals surface area contributed by atoms with Gasteiger partial charge in [0.05, 0.1) is 25.8 Å². The Bertz CT molecular complexity index is 944. The van der Waals surface area contributed by atoms with Crippen LogP contribution >= 0.6 is 11.6 Å². The number of halogens is 1. The monoisotopic (exact) mass is 402 g/mol. The van der Waals surface area contributed by atoms with E-state index in [0.29, 0.717) is 17.1 Å². The Kier molecular flexibility index (Phi) is 5.29. The lowest BCUT2D eigenvalue weighted by atomic mass is 9.92. The first-order valence-electron chi connectivity index (χ1n) is 8.45. The molecule has 1 saturated heterocycles. The number of ketones is 1. The maximum absolute atomic E-state index is 12.9. The van der Waals surface area contributed by atoms with Crippen LogP contribution < -0.4 is 14.8 Å². The molecule has 1 aliphatic heterocycles. The van der Waals surface area contributed by atoms with Gasteiger partial charge in [-0.3, -0.25) is 14.5 Å². The predicted molar refractivity (Wildman–Crippen MR) is 103 cm³/mol. The largest absolute Gasteiger partial charge is 0.497 e. The first kappa shape index (κ1) is 19.7. The van der Waals surface area contributed by atoms with Crippen LogP contribution in [0.25, 0.3) is 0 Å². The minimum atomic E-state index is -1.26. The van der Waals surface area contributed by atoms with Crippen molar-refractivity contribution >= 4 is 29.3 Å². The normalized spacial score (nSPS) is 18.8. The molecule has 28 heavy (non-hydrogen) atoms. The molecule has 0 bridgehead atoms. The highest BCUT2D eigenvalue weighted by molar-refractivity contribution is 6.32. The summed E-state index contributed by atoms with van der Waals surface area (Å²) in [5, 5.41) is 2.94. The van der Waals surface area contributed by atoms with E-state index in [1.54, 1.807) is 37.3 Å². The number of imide groups is 1. The molecule has 1 N–H and O–H groups in total. The van der Waals surface area contributed by atoms with E-state index in [9.17, 15) is 14.4 Å². The van der Waals surface area contributed by atoms with Crippen LogP contribution in [0.3, 0.4) is 0 Å². The van der Waals surface area contributed by atoms with Crippen LogP contribution in [0, 0.1) is 0 Å². The number of hydrogen-bond acceptors (Lipinski definition) is 5. The smallest absolute Gasteiger partial charge is 0.325 e. The Morgan fingerprint density at radius 3 is 2.36 bits per heavy atom. The van der Waals surface area contributed by atoms with Gasteiger partial charge in [0.25, 0.3) is 5.91 Å². The van der Waals surface area contributed by atoms with Crippen LogP contribution in [0.1, 0.15) is 22.8 Å². The summed E-state index contributed by atoms with van der Waals surface area (Å²) in [5.74, 6) is 0.149. The highest BCUT2D eigenvalue weighted by Crippen LogP contribution is 2.30. The third-order valence-corrected chi connectivity index (χ3v) is 5.01. The summed E-state index contributed by atoms with van der Waals surface area (Å²) in [6, 6.07) is 10.7. The van der Waals surface area contributed by atoms with Gasteiger partial charge in [0.15, 0.2) is 5.78 Å². The molecular weight excluding hydrogens is 384 g/mol. The maximum atomic E-state index is 12.9. The molecule has 2 aromatic rings. The van der Waals surface area contributed by atoms with E-state index in [4.69, 9.17) is 21.1 Å². The fourth-order valence-electron chi connectivity index (χ4n) is 3.04. The Hall–Kier alpha value is -3.06. The van der Waals surface area contributed by atoms with Gasteiger partial charge < -0.3 is 14.8 Å². The van der Waals surface area contributed by atoms with Gasteiger partial charge in [-0.05, 0) is 42.8 Å². The number of ether oxygens (including phenoxy) is 2. The van der Waals surface area contributed by atoms with Crippen molar-refractivity contribution in [3.05, 3.63) is 58.6 Å². The summed E-state index contributed by atoms with van der Waals surface area (Å²) in [6.45, 7) is 1.21. The van der Waals surface area contributed by atoms with Gasteiger partial charge in [0.2, 0.25) is 0 Å². The average molecular weight is 403 g/mol. The Morgan fingerprint density at radius 2 is 1.79 bits per heavy atom. The number of urea groups is 1. The highest BCUT2D eigenvalue weighted by Gasteiger charge is 2.49. The summed E-state index contributed by atoms with van der Waals surface area (Å²) >= 11 is 6.05. The van der Waals surface area contributed by atoms with Crippen LogP contribution in [-0.2, 0) is 10.3 Å².